The molecule has 2 bridgehead atoms. The normalized spacial score (nSPS) is 33.2. The average molecular weight is 442 g/mol. The average Bonchev–Trinajstić information content (AvgIpc) is 2.99. The predicted octanol–water partition coefficient (Wildman–Crippen LogP) is 3.72. The summed E-state index contributed by atoms with van der Waals surface area (Å²) < 4.78 is 17.3. The van der Waals surface area contributed by atoms with E-state index in [1.54, 1.807) is 20.3 Å². The van der Waals surface area contributed by atoms with Crippen LogP contribution in [0.1, 0.15) is 67.4 Å². The van der Waals surface area contributed by atoms with Crippen molar-refractivity contribution in [2.24, 2.45) is 11.1 Å². The molecule has 0 aromatic heterocycles. The van der Waals surface area contributed by atoms with Gasteiger partial charge in [0.25, 0.3) is 0 Å². The number of amides is 1. The number of methoxy groups -OCH3 is 2. The van der Waals surface area contributed by atoms with Crippen LogP contribution in [0.15, 0.2) is 36.4 Å². The maximum atomic E-state index is 12.2. The lowest BCUT2D eigenvalue weighted by Crippen LogP contribution is -2.55. The summed E-state index contributed by atoms with van der Waals surface area (Å²) in [6.45, 7) is 5.18. The van der Waals surface area contributed by atoms with Crippen molar-refractivity contribution in [3.05, 3.63) is 53.1 Å². The molecule has 2 aliphatic heterocycles. The molecule has 6 heteroatoms. The van der Waals surface area contributed by atoms with E-state index in [4.69, 9.17) is 19.9 Å². The lowest BCUT2D eigenvalue weighted by atomic mass is 9.73. The van der Waals surface area contributed by atoms with Gasteiger partial charge in [0.2, 0.25) is 5.91 Å². The molecule has 1 amide bonds. The zero-order chi connectivity index (χ0) is 23.2. The van der Waals surface area contributed by atoms with E-state index in [-0.39, 0.29) is 5.41 Å². The smallest absolute Gasteiger partial charge is 0.249 e. The lowest BCUT2D eigenvalue weighted by molar-refractivity contribution is -0.225. The van der Waals surface area contributed by atoms with Crippen LogP contribution in [0.4, 0.5) is 0 Å². The van der Waals surface area contributed by atoms with Crippen molar-refractivity contribution in [3.8, 4) is 0 Å². The van der Waals surface area contributed by atoms with E-state index in [1.807, 2.05) is 24.3 Å². The number of allylic oxidation sites excluding steroid dienone is 2. The molecule has 3 N–H and O–H groups in total. The summed E-state index contributed by atoms with van der Waals surface area (Å²) in [5, 5.41) is 12.0. The molecule has 1 saturated heterocycles. The second kappa shape index (κ2) is 8.10. The maximum Gasteiger partial charge on any atom is 0.249 e. The van der Waals surface area contributed by atoms with E-state index >= 15 is 0 Å². The SMILES string of the molecule is COCC12C=CC(COC)(CC(O)(c3ccc(C(N)=O)c(C4=CCC(C)(C)CC4)c3)C1)O2. The molecule has 1 aromatic rings. The molecule has 0 spiro atoms. The summed E-state index contributed by atoms with van der Waals surface area (Å²) >= 11 is 0. The highest BCUT2D eigenvalue weighted by molar-refractivity contribution is 5.98. The number of carbonyl (C=O) groups is 1. The molecule has 4 rings (SSSR count). The van der Waals surface area contributed by atoms with Gasteiger partial charge >= 0.3 is 0 Å². The largest absolute Gasteiger partial charge is 0.385 e. The predicted molar refractivity (Wildman–Crippen MR) is 123 cm³/mol. The summed E-state index contributed by atoms with van der Waals surface area (Å²) in [5.41, 5.74) is 6.55. The van der Waals surface area contributed by atoms with Crippen molar-refractivity contribution in [3.63, 3.8) is 0 Å². The monoisotopic (exact) mass is 441 g/mol. The van der Waals surface area contributed by atoms with E-state index in [1.165, 1.54) is 0 Å². The van der Waals surface area contributed by atoms with Gasteiger partial charge in [-0.25, -0.2) is 0 Å². The number of benzene rings is 1. The van der Waals surface area contributed by atoms with Gasteiger partial charge in [0.05, 0.1) is 18.8 Å². The van der Waals surface area contributed by atoms with Crippen LogP contribution in [0.3, 0.4) is 0 Å². The molecule has 2 unspecified atom stereocenters. The van der Waals surface area contributed by atoms with Gasteiger partial charge in [-0.15, -0.1) is 0 Å². The third-order valence-electron chi connectivity index (χ3n) is 7.20. The summed E-state index contributed by atoms with van der Waals surface area (Å²) in [6.07, 6.45) is 9.79. The van der Waals surface area contributed by atoms with E-state index in [0.29, 0.717) is 31.6 Å². The third kappa shape index (κ3) is 4.17. The number of hydrogen-bond donors (Lipinski definition) is 2. The van der Waals surface area contributed by atoms with E-state index < -0.39 is 22.7 Å². The van der Waals surface area contributed by atoms with Crippen molar-refractivity contribution < 1.29 is 24.1 Å². The van der Waals surface area contributed by atoms with Crippen molar-refractivity contribution in [1.82, 2.24) is 0 Å². The highest BCUT2D eigenvalue weighted by atomic mass is 16.6. The first-order chi connectivity index (χ1) is 15.0. The number of nitrogens with two attached hydrogens (primary N) is 1. The Morgan fingerprint density at radius 3 is 2.25 bits per heavy atom. The number of hydrogen-bond acceptors (Lipinski definition) is 5. The number of carbonyl (C=O) groups excluding carboxylic acids is 1. The highest BCUT2D eigenvalue weighted by Crippen LogP contribution is 2.52. The molecular formula is C26H35NO5. The van der Waals surface area contributed by atoms with Crippen LogP contribution in [0.25, 0.3) is 5.57 Å². The Morgan fingerprint density at radius 2 is 1.75 bits per heavy atom. The molecule has 174 valence electrons. The van der Waals surface area contributed by atoms with Gasteiger partial charge in [-0.2, -0.15) is 0 Å². The minimum Gasteiger partial charge on any atom is -0.385 e. The first kappa shape index (κ1) is 23.2. The zero-order valence-electron chi connectivity index (χ0n) is 19.6. The summed E-state index contributed by atoms with van der Waals surface area (Å²) in [6, 6.07) is 5.53. The Hall–Kier alpha value is -1.99. The summed E-state index contributed by atoms with van der Waals surface area (Å²) in [4.78, 5) is 12.2. The van der Waals surface area contributed by atoms with Crippen LogP contribution in [-0.2, 0) is 19.8 Å². The number of rotatable bonds is 7. The highest BCUT2D eigenvalue weighted by Gasteiger charge is 2.57. The molecule has 1 fully saturated rings. The van der Waals surface area contributed by atoms with Gasteiger partial charge in [0.1, 0.15) is 11.2 Å². The van der Waals surface area contributed by atoms with Crippen molar-refractivity contribution in [2.75, 3.05) is 27.4 Å². The lowest BCUT2D eigenvalue weighted by Gasteiger charge is -2.48. The molecule has 6 nitrogen and oxygen atoms in total. The second-order valence-corrected chi connectivity index (χ2v) is 10.5. The van der Waals surface area contributed by atoms with Crippen molar-refractivity contribution >= 4 is 11.5 Å². The second-order valence-electron chi connectivity index (χ2n) is 10.5. The van der Waals surface area contributed by atoms with Gasteiger partial charge in [0, 0.05) is 32.6 Å². The van der Waals surface area contributed by atoms with Gasteiger partial charge in [-0.05, 0) is 53.5 Å². The Morgan fingerprint density at radius 1 is 1.12 bits per heavy atom. The number of primary amides is 1. The van der Waals surface area contributed by atoms with E-state index in [9.17, 15) is 9.90 Å². The Kier molecular flexibility index (Phi) is 5.87. The molecule has 0 radical (unpaired) electrons. The molecule has 1 aromatic carbocycles. The van der Waals surface area contributed by atoms with Gasteiger partial charge in [-0.1, -0.05) is 38.1 Å². The maximum absolute atomic E-state index is 12.2. The molecule has 1 aliphatic carbocycles. The fraction of sp³-hybridized carbons (Fsp3) is 0.577. The Labute approximate surface area is 190 Å². The van der Waals surface area contributed by atoms with Crippen LogP contribution in [0.2, 0.25) is 0 Å². The van der Waals surface area contributed by atoms with Crippen LogP contribution < -0.4 is 5.73 Å². The third-order valence-corrected chi connectivity index (χ3v) is 7.20. The fourth-order valence-electron chi connectivity index (χ4n) is 5.60. The van der Waals surface area contributed by atoms with Crippen molar-refractivity contribution in [2.45, 2.75) is 62.8 Å². The number of fused-ring (bicyclic) bond motifs is 2. The summed E-state index contributed by atoms with van der Waals surface area (Å²) in [5.74, 6) is -0.454. The molecule has 2 atom stereocenters. The molecular weight excluding hydrogens is 406 g/mol. The van der Waals surface area contributed by atoms with Crippen LogP contribution in [-0.4, -0.2) is 49.6 Å². The number of ether oxygens (including phenoxy) is 3. The van der Waals surface area contributed by atoms with E-state index in [2.05, 4.69) is 19.9 Å². The Bertz CT molecular complexity index is 941. The summed E-state index contributed by atoms with van der Waals surface area (Å²) in [7, 11) is 3.26. The zero-order valence-corrected chi connectivity index (χ0v) is 19.6. The topological polar surface area (TPSA) is 91.0 Å². The first-order valence-electron chi connectivity index (χ1n) is 11.3. The van der Waals surface area contributed by atoms with Gasteiger partial charge in [0.15, 0.2) is 0 Å². The quantitative estimate of drug-likeness (QED) is 0.630. The van der Waals surface area contributed by atoms with Crippen molar-refractivity contribution in [1.29, 1.82) is 0 Å². The minimum atomic E-state index is -1.17. The van der Waals surface area contributed by atoms with Crippen LogP contribution in [0, 0.1) is 5.41 Å². The van der Waals surface area contributed by atoms with Crippen LogP contribution in [0.5, 0.6) is 0 Å². The molecule has 32 heavy (non-hydrogen) atoms. The van der Waals surface area contributed by atoms with E-state index in [0.717, 1.165) is 36.0 Å². The first-order valence-corrected chi connectivity index (χ1v) is 11.3. The molecule has 3 aliphatic rings. The standard InChI is InChI=1S/C26H35NO5/c1-23(2)9-7-18(8-10-23)21-13-19(5-6-20(21)22(27)28)26(29)14-24(16-30-3)11-12-25(15-26,32-24)17-31-4/h5-7,11-13,29H,8-10,14-17H2,1-4H3,(H2,27,28). The number of aliphatic hydroxyl groups is 1. The van der Waals surface area contributed by atoms with Gasteiger partial charge in [-0.3, -0.25) is 4.79 Å². The molecule has 0 saturated carbocycles. The van der Waals surface area contributed by atoms with Gasteiger partial charge < -0.3 is 25.1 Å². The van der Waals surface area contributed by atoms with Crippen LogP contribution >= 0.6 is 0 Å². The minimum absolute atomic E-state index is 0.247. The Balaban J connectivity index is 1.76. The fourth-order valence-corrected chi connectivity index (χ4v) is 5.60. The molecule has 2 heterocycles.